The third kappa shape index (κ3) is 2.36. The fourth-order valence-electron chi connectivity index (χ4n) is 3.24. The summed E-state index contributed by atoms with van der Waals surface area (Å²) in [4.78, 5) is 8.88. The standard InChI is InChI=1S/C15H20N6O/c16-15-19-11-9-17-6-4-10(11)14(20-15)12-5-7-18-21(12)13-3-1-2-8-22-13/h5,7,13,17H,1-4,6,8-9H2,(H2,16,19,20). The molecule has 2 aromatic rings. The van der Waals surface area contributed by atoms with Crippen LogP contribution in [-0.2, 0) is 17.7 Å². The molecular weight excluding hydrogens is 280 g/mol. The van der Waals surface area contributed by atoms with Gasteiger partial charge in [0.15, 0.2) is 6.23 Å². The van der Waals surface area contributed by atoms with Gasteiger partial charge < -0.3 is 15.8 Å². The molecule has 4 heterocycles. The van der Waals surface area contributed by atoms with Crippen molar-refractivity contribution in [2.24, 2.45) is 0 Å². The maximum absolute atomic E-state index is 5.91. The minimum Gasteiger partial charge on any atom is -0.368 e. The topological polar surface area (TPSA) is 90.9 Å². The van der Waals surface area contributed by atoms with E-state index >= 15 is 0 Å². The van der Waals surface area contributed by atoms with Crippen LogP contribution in [0, 0.1) is 0 Å². The van der Waals surface area contributed by atoms with Crippen molar-refractivity contribution in [2.75, 3.05) is 18.9 Å². The molecule has 2 aromatic heterocycles. The molecule has 0 saturated carbocycles. The zero-order chi connectivity index (χ0) is 14.9. The Morgan fingerprint density at radius 1 is 1.32 bits per heavy atom. The minimum atomic E-state index is -0.00712. The Labute approximate surface area is 128 Å². The summed E-state index contributed by atoms with van der Waals surface area (Å²) in [6.07, 6.45) is 5.97. The molecule has 1 fully saturated rings. The van der Waals surface area contributed by atoms with E-state index in [0.717, 1.165) is 62.5 Å². The molecule has 0 amide bonds. The van der Waals surface area contributed by atoms with E-state index in [-0.39, 0.29) is 6.23 Å². The predicted molar refractivity (Wildman–Crippen MR) is 81.9 cm³/mol. The summed E-state index contributed by atoms with van der Waals surface area (Å²) in [6, 6.07) is 1.99. The molecule has 1 atom stereocenters. The highest BCUT2D eigenvalue weighted by Gasteiger charge is 2.24. The van der Waals surface area contributed by atoms with Gasteiger partial charge in [-0.15, -0.1) is 0 Å². The Balaban J connectivity index is 1.79. The van der Waals surface area contributed by atoms with Crippen molar-refractivity contribution in [3.05, 3.63) is 23.5 Å². The number of nitrogens with one attached hydrogen (secondary N) is 1. The van der Waals surface area contributed by atoms with Crippen LogP contribution >= 0.6 is 0 Å². The average molecular weight is 300 g/mol. The van der Waals surface area contributed by atoms with Crippen LogP contribution in [0.5, 0.6) is 0 Å². The lowest BCUT2D eigenvalue weighted by Crippen LogP contribution is -2.27. The number of ether oxygens (including phenoxy) is 1. The molecule has 1 saturated heterocycles. The first-order valence-corrected chi connectivity index (χ1v) is 7.84. The second-order valence-electron chi connectivity index (χ2n) is 5.76. The van der Waals surface area contributed by atoms with Crippen molar-refractivity contribution >= 4 is 5.95 Å². The molecule has 4 rings (SSSR count). The van der Waals surface area contributed by atoms with Gasteiger partial charge in [0.25, 0.3) is 0 Å². The highest BCUT2D eigenvalue weighted by atomic mass is 16.5. The summed E-state index contributed by atoms with van der Waals surface area (Å²) in [6.45, 7) is 2.46. The Kier molecular flexibility index (Phi) is 3.51. The number of hydrogen-bond donors (Lipinski definition) is 2. The van der Waals surface area contributed by atoms with Gasteiger partial charge in [-0.2, -0.15) is 5.10 Å². The molecule has 116 valence electrons. The number of fused-ring (bicyclic) bond motifs is 1. The second-order valence-corrected chi connectivity index (χ2v) is 5.76. The van der Waals surface area contributed by atoms with E-state index < -0.39 is 0 Å². The molecule has 0 aromatic carbocycles. The molecule has 2 aliphatic rings. The highest BCUT2D eigenvalue weighted by Crippen LogP contribution is 2.31. The molecule has 7 heteroatoms. The van der Waals surface area contributed by atoms with Gasteiger partial charge in [0.05, 0.1) is 17.1 Å². The first kappa shape index (κ1) is 13.7. The van der Waals surface area contributed by atoms with Gasteiger partial charge in [0.2, 0.25) is 5.95 Å². The third-order valence-corrected chi connectivity index (χ3v) is 4.30. The second kappa shape index (κ2) is 5.66. The van der Waals surface area contributed by atoms with Gasteiger partial charge >= 0.3 is 0 Å². The molecule has 22 heavy (non-hydrogen) atoms. The van der Waals surface area contributed by atoms with Crippen LogP contribution in [0.15, 0.2) is 12.3 Å². The van der Waals surface area contributed by atoms with E-state index in [0.29, 0.717) is 5.95 Å². The summed E-state index contributed by atoms with van der Waals surface area (Å²) < 4.78 is 7.82. The van der Waals surface area contributed by atoms with Crippen LogP contribution in [0.3, 0.4) is 0 Å². The number of nitrogens with two attached hydrogens (primary N) is 1. The summed E-state index contributed by atoms with van der Waals surface area (Å²) in [5.41, 5.74) is 9.94. The molecule has 0 bridgehead atoms. The van der Waals surface area contributed by atoms with Crippen LogP contribution < -0.4 is 11.1 Å². The van der Waals surface area contributed by atoms with Crippen molar-refractivity contribution in [3.8, 4) is 11.4 Å². The third-order valence-electron chi connectivity index (χ3n) is 4.30. The minimum absolute atomic E-state index is 0.00712. The predicted octanol–water partition coefficient (Wildman–Crippen LogP) is 1.27. The first-order valence-electron chi connectivity index (χ1n) is 7.84. The van der Waals surface area contributed by atoms with Crippen molar-refractivity contribution in [2.45, 2.75) is 38.5 Å². The fraction of sp³-hybridized carbons (Fsp3) is 0.533. The van der Waals surface area contributed by atoms with Gasteiger partial charge in [0.1, 0.15) is 0 Å². The molecule has 1 unspecified atom stereocenters. The van der Waals surface area contributed by atoms with Gasteiger partial charge in [-0.25, -0.2) is 14.6 Å². The van der Waals surface area contributed by atoms with E-state index in [9.17, 15) is 0 Å². The van der Waals surface area contributed by atoms with Gasteiger partial charge in [-0.1, -0.05) is 0 Å². The SMILES string of the molecule is Nc1nc2c(c(-c3ccnn3C3CCCCO3)n1)CCNC2. The molecular formula is C15H20N6O. The van der Waals surface area contributed by atoms with Crippen molar-refractivity contribution in [3.63, 3.8) is 0 Å². The van der Waals surface area contributed by atoms with Gasteiger partial charge in [0, 0.05) is 24.9 Å². The number of nitrogen functional groups attached to an aromatic ring is 1. The Bertz CT molecular complexity index is 677. The highest BCUT2D eigenvalue weighted by molar-refractivity contribution is 5.62. The Hall–Kier alpha value is -1.99. The van der Waals surface area contributed by atoms with Crippen LogP contribution in [0.4, 0.5) is 5.95 Å². The van der Waals surface area contributed by atoms with Crippen LogP contribution in [-0.4, -0.2) is 32.9 Å². The Morgan fingerprint density at radius 2 is 2.27 bits per heavy atom. The zero-order valence-corrected chi connectivity index (χ0v) is 12.5. The summed E-state index contributed by atoms with van der Waals surface area (Å²) >= 11 is 0. The van der Waals surface area contributed by atoms with Crippen molar-refractivity contribution in [1.29, 1.82) is 0 Å². The number of anilines is 1. The molecule has 0 radical (unpaired) electrons. The fourth-order valence-corrected chi connectivity index (χ4v) is 3.24. The zero-order valence-electron chi connectivity index (χ0n) is 12.5. The first-order chi connectivity index (χ1) is 10.8. The largest absolute Gasteiger partial charge is 0.368 e. The summed E-state index contributed by atoms with van der Waals surface area (Å²) in [5, 5.41) is 7.80. The molecule has 0 spiro atoms. The molecule has 3 N–H and O–H groups in total. The van der Waals surface area contributed by atoms with Crippen LogP contribution in [0.25, 0.3) is 11.4 Å². The quantitative estimate of drug-likeness (QED) is 0.868. The lowest BCUT2D eigenvalue weighted by Gasteiger charge is -2.25. The number of hydrogen-bond acceptors (Lipinski definition) is 6. The van der Waals surface area contributed by atoms with E-state index in [2.05, 4.69) is 20.4 Å². The van der Waals surface area contributed by atoms with Gasteiger partial charge in [-0.3, -0.25) is 0 Å². The molecule has 2 aliphatic heterocycles. The smallest absolute Gasteiger partial charge is 0.220 e. The number of nitrogens with zero attached hydrogens (tertiary/aromatic N) is 4. The normalized spacial score (nSPS) is 21.5. The van der Waals surface area contributed by atoms with Crippen molar-refractivity contribution < 1.29 is 4.74 Å². The van der Waals surface area contributed by atoms with Crippen LogP contribution in [0.1, 0.15) is 36.7 Å². The summed E-state index contributed by atoms with van der Waals surface area (Å²) in [7, 11) is 0. The molecule has 7 nitrogen and oxygen atoms in total. The average Bonchev–Trinajstić information content (AvgIpc) is 3.04. The monoisotopic (exact) mass is 300 g/mol. The van der Waals surface area contributed by atoms with E-state index in [1.165, 1.54) is 5.56 Å². The van der Waals surface area contributed by atoms with Crippen LogP contribution in [0.2, 0.25) is 0 Å². The Morgan fingerprint density at radius 3 is 3.14 bits per heavy atom. The van der Waals surface area contributed by atoms with E-state index in [1.807, 2.05) is 10.7 Å². The molecule has 0 aliphatic carbocycles. The maximum atomic E-state index is 5.91. The number of rotatable bonds is 2. The van der Waals surface area contributed by atoms with E-state index in [1.54, 1.807) is 6.20 Å². The lowest BCUT2D eigenvalue weighted by atomic mass is 10.0. The number of aromatic nitrogens is 4. The maximum Gasteiger partial charge on any atom is 0.220 e. The van der Waals surface area contributed by atoms with E-state index in [4.69, 9.17) is 10.5 Å². The van der Waals surface area contributed by atoms with Crippen molar-refractivity contribution in [1.82, 2.24) is 25.1 Å². The summed E-state index contributed by atoms with van der Waals surface area (Å²) in [5.74, 6) is 0.315. The lowest BCUT2D eigenvalue weighted by molar-refractivity contribution is -0.0384. The van der Waals surface area contributed by atoms with Gasteiger partial charge in [-0.05, 0) is 38.3 Å².